The minimum atomic E-state index is -0.0211. The number of fused-ring (bicyclic) bond motifs is 3. The van der Waals surface area contributed by atoms with E-state index >= 15 is 0 Å². The zero-order valence-electron chi connectivity index (χ0n) is 15.8. The Labute approximate surface area is 153 Å². The Balaban J connectivity index is 2.03. The summed E-state index contributed by atoms with van der Waals surface area (Å²) in [5, 5.41) is 0. The molecule has 6 nitrogen and oxygen atoms in total. The quantitative estimate of drug-likeness (QED) is 0.712. The van der Waals surface area contributed by atoms with Gasteiger partial charge < -0.3 is 18.8 Å². The lowest BCUT2D eigenvalue weighted by atomic mass is 9.90. The zero-order chi connectivity index (χ0) is 18.7. The van der Waals surface area contributed by atoms with Gasteiger partial charge in [-0.15, -0.1) is 0 Å². The average molecular weight is 358 g/mol. The number of aromatic nitrogens is 2. The van der Waals surface area contributed by atoms with Crippen molar-refractivity contribution in [3.05, 3.63) is 40.2 Å². The highest BCUT2D eigenvalue weighted by atomic mass is 16.5. The molecule has 0 saturated carbocycles. The van der Waals surface area contributed by atoms with Crippen molar-refractivity contribution in [1.29, 1.82) is 0 Å². The van der Waals surface area contributed by atoms with Gasteiger partial charge in [0.05, 0.1) is 25.1 Å². The van der Waals surface area contributed by atoms with E-state index in [1.807, 2.05) is 12.3 Å². The molecule has 2 aromatic heterocycles. The van der Waals surface area contributed by atoms with Crippen molar-refractivity contribution in [3.8, 4) is 23.0 Å². The second-order valence-electron chi connectivity index (χ2n) is 6.87. The summed E-state index contributed by atoms with van der Waals surface area (Å²) in [7, 11) is 3.25. The molecule has 3 heterocycles. The van der Waals surface area contributed by atoms with Gasteiger partial charge in [-0.25, -0.2) is 4.98 Å². The normalized spacial score (nSPS) is 15.5. The SMILES string of the molecule is COCCCOc1cc2c(nc1OC)-c1cc(=O)ccn1[C@H](C(C)C)C2. The lowest BCUT2D eigenvalue weighted by Crippen LogP contribution is -2.26. The third-order valence-corrected chi connectivity index (χ3v) is 4.73. The van der Waals surface area contributed by atoms with Crippen LogP contribution in [0.2, 0.25) is 0 Å². The van der Waals surface area contributed by atoms with E-state index in [1.165, 1.54) is 0 Å². The largest absolute Gasteiger partial charge is 0.488 e. The maximum atomic E-state index is 11.9. The van der Waals surface area contributed by atoms with Crippen molar-refractivity contribution < 1.29 is 14.2 Å². The summed E-state index contributed by atoms with van der Waals surface area (Å²) in [6.45, 7) is 5.56. The fourth-order valence-electron chi connectivity index (χ4n) is 3.38. The Morgan fingerprint density at radius 2 is 2.08 bits per heavy atom. The van der Waals surface area contributed by atoms with Gasteiger partial charge in [0, 0.05) is 44.5 Å². The summed E-state index contributed by atoms with van der Waals surface area (Å²) in [5.74, 6) is 1.50. The molecular formula is C20H26N2O4. The molecule has 0 saturated heterocycles. The van der Waals surface area contributed by atoms with Crippen LogP contribution in [-0.2, 0) is 11.2 Å². The van der Waals surface area contributed by atoms with E-state index in [2.05, 4.69) is 23.4 Å². The van der Waals surface area contributed by atoms with Crippen molar-refractivity contribution in [3.63, 3.8) is 0 Å². The van der Waals surface area contributed by atoms with E-state index in [4.69, 9.17) is 14.2 Å². The molecule has 140 valence electrons. The molecule has 0 bridgehead atoms. The molecule has 1 aliphatic heterocycles. The first-order valence-electron chi connectivity index (χ1n) is 8.97. The number of ether oxygens (including phenoxy) is 3. The first-order chi connectivity index (χ1) is 12.5. The van der Waals surface area contributed by atoms with Gasteiger partial charge in [0.2, 0.25) is 0 Å². The van der Waals surface area contributed by atoms with Crippen LogP contribution in [0, 0.1) is 5.92 Å². The second-order valence-corrected chi connectivity index (χ2v) is 6.87. The van der Waals surface area contributed by atoms with Gasteiger partial charge in [-0.3, -0.25) is 4.79 Å². The average Bonchev–Trinajstić information content (AvgIpc) is 2.63. The van der Waals surface area contributed by atoms with Crippen LogP contribution in [0.3, 0.4) is 0 Å². The molecule has 0 spiro atoms. The monoisotopic (exact) mass is 358 g/mol. The molecule has 0 fully saturated rings. The van der Waals surface area contributed by atoms with Crippen molar-refractivity contribution in [1.82, 2.24) is 9.55 Å². The summed E-state index contributed by atoms with van der Waals surface area (Å²) >= 11 is 0. The van der Waals surface area contributed by atoms with Crippen LogP contribution in [0.5, 0.6) is 11.6 Å². The molecule has 26 heavy (non-hydrogen) atoms. The fourth-order valence-corrected chi connectivity index (χ4v) is 3.38. The summed E-state index contributed by atoms with van der Waals surface area (Å²) in [4.78, 5) is 16.6. The van der Waals surface area contributed by atoms with Crippen molar-refractivity contribution in [2.75, 3.05) is 27.4 Å². The molecule has 0 unspecified atom stereocenters. The maximum absolute atomic E-state index is 11.9. The van der Waals surface area contributed by atoms with Crippen LogP contribution in [0.4, 0.5) is 0 Å². The van der Waals surface area contributed by atoms with Crippen LogP contribution in [-0.4, -0.2) is 37.0 Å². The first kappa shape index (κ1) is 18.5. The Kier molecular flexibility index (Phi) is 5.61. The highest BCUT2D eigenvalue weighted by Crippen LogP contribution is 2.40. The summed E-state index contributed by atoms with van der Waals surface area (Å²) in [6, 6.07) is 5.53. The number of hydrogen-bond donors (Lipinski definition) is 0. The Bertz CT molecular complexity index is 829. The molecule has 0 radical (unpaired) electrons. The molecule has 6 heteroatoms. The van der Waals surface area contributed by atoms with Gasteiger partial charge in [0.1, 0.15) is 0 Å². The molecule has 2 aromatic rings. The van der Waals surface area contributed by atoms with Gasteiger partial charge in [-0.2, -0.15) is 0 Å². The van der Waals surface area contributed by atoms with E-state index in [0.717, 1.165) is 29.8 Å². The van der Waals surface area contributed by atoms with Crippen LogP contribution in [0.15, 0.2) is 29.2 Å². The van der Waals surface area contributed by atoms with Gasteiger partial charge in [-0.1, -0.05) is 13.8 Å². The third kappa shape index (κ3) is 3.60. The highest BCUT2D eigenvalue weighted by molar-refractivity contribution is 5.64. The topological polar surface area (TPSA) is 62.6 Å². The van der Waals surface area contributed by atoms with Crippen LogP contribution in [0.25, 0.3) is 11.4 Å². The van der Waals surface area contributed by atoms with E-state index in [-0.39, 0.29) is 11.5 Å². The highest BCUT2D eigenvalue weighted by Gasteiger charge is 2.28. The Morgan fingerprint density at radius 1 is 1.27 bits per heavy atom. The number of nitrogens with zero attached hydrogens (tertiary/aromatic N) is 2. The molecule has 0 aliphatic carbocycles. The number of hydrogen-bond acceptors (Lipinski definition) is 5. The van der Waals surface area contributed by atoms with E-state index in [1.54, 1.807) is 26.4 Å². The van der Waals surface area contributed by atoms with E-state index < -0.39 is 0 Å². The minimum Gasteiger partial charge on any atom is -0.488 e. The third-order valence-electron chi connectivity index (χ3n) is 4.73. The van der Waals surface area contributed by atoms with Gasteiger partial charge in [0.25, 0.3) is 5.88 Å². The number of rotatable bonds is 7. The van der Waals surface area contributed by atoms with Crippen LogP contribution in [0.1, 0.15) is 31.9 Å². The fraction of sp³-hybridized carbons (Fsp3) is 0.500. The second kappa shape index (κ2) is 7.91. The summed E-state index contributed by atoms with van der Waals surface area (Å²) < 4.78 is 18.5. The standard InChI is InChI=1S/C20H26N2O4/c1-13(2)16-10-14-11-18(26-9-5-8-24-3)20(25-4)21-19(14)17-12-15(23)6-7-22(16)17/h6-7,11-13,16H,5,8-10H2,1-4H3/t16-/m0/s1. The van der Waals surface area contributed by atoms with Crippen LogP contribution < -0.4 is 14.9 Å². The summed E-state index contributed by atoms with van der Waals surface area (Å²) in [6.07, 6.45) is 3.51. The van der Waals surface area contributed by atoms with Crippen LogP contribution >= 0.6 is 0 Å². The smallest absolute Gasteiger partial charge is 0.257 e. The molecular weight excluding hydrogens is 332 g/mol. The molecule has 1 atom stereocenters. The maximum Gasteiger partial charge on any atom is 0.257 e. The number of methoxy groups -OCH3 is 2. The summed E-state index contributed by atoms with van der Waals surface area (Å²) in [5.41, 5.74) is 2.69. The molecule has 0 amide bonds. The van der Waals surface area contributed by atoms with Crippen molar-refractivity contribution in [2.45, 2.75) is 32.7 Å². The number of pyridine rings is 2. The van der Waals surface area contributed by atoms with E-state index in [0.29, 0.717) is 30.8 Å². The van der Waals surface area contributed by atoms with Crippen molar-refractivity contribution >= 4 is 0 Å². The molecule has 0 N–H and O–H groups in total. The zero-order valence-corrected chi connectivity index (χ0v) is 15.8. The predicted octanol–water partition coefficient (Wildman–Crippen LogP) is 3.09. The minimum absolute atomic E-state index is 0.0211. The molecule has 0 aromatic carbocycles. The first-order valence-corrected chi connectivity index (χ1v) is 8.97. The Hall–Kier alpha value is -2.34. The van der Waals surface area contributed by atoms with E-state index in [9.17, 15) is 4.79 Å². The Morgan fingerprint density at radius 3 is 2.77 bits per heavy atom. The lowest BCUT2D eigenvalue weighted by Gasteiger charge is -2.32. The van der Waals surface area contributed by atoms with Crippen molar-refractivity contribution in [2.24, 2.45) is 5.92 Å². The predicted molar refractivity (Wildman–Crippen MR) is 100 cm³/mol. The van der Waals surface area contributed by atoms with Gasteiger partial charge in [-0.05, 0) is 24.0 Å². The molecule has 3 rings (SSSR count). The van der Waals surface area contributed by atoms with Gasteiger partial charge >= 0.3 is 0 Å². The van der Waals surface area contributed by atoms with Gasteiger partial charge in [0.15, 0.2) is 11.2 Å². The molecule has 1 aliphatic rings. The lowest BCUT2D eigenvalue weighted by molar-refractivity contribution is 0.170.